The fourth-order valence-electron chi connectivity index (χ4n) is 2.78. The van der Waals surface area contributed by atoms with E-state index >= 15 is 0 Å². The largest absolute Gasteiger partial charge is 0.490 e. The Morgan fingerprint density at radius 1 is 1.09 bits per heavy atom. The summed E-state index contributed by atoms with van der Waals surface area (Å²) in [6.45, 7) is 1.62. The maximum Gasteiger partial charge on any atom is 0.186 e. The zero-order chi connectivity index (χ0) is 16.8. The minimum Gasteiger partial charge on any atom is -0.490 e. The number of halogens is 3. The van der Waals surface area contributed by atoms with E-state index in [9.17, 15) is 17.2 Å². The second-order valence-electron chi connectivity index (χ2n) is 5.48. The molecule has 2 atom stereocenters. The van der Waals surface area contributed by atoms with Gasteiger partial charge in [-0.15, -0.1) is 0 Å². The minimum absolute atomic E-state index is 0.00907. The Bertz CT molecular complexity index is 850. The third-order valence-corrected chi connectivity index (χ3v) is 6.41. The molecule has 0 fully saturated rings. The molecule has 1 aliphatic heterocycles. The van der Waals surface area contributed by atoms with E-state index in [1.807, 2.05) is 0 Å². The Morgan fingerprint density at radius 2 is 1.70 bits per heavy atom. The van der Waals surface area contributed by atoms with Gasteiger partial charge in [-0.1, -0.05) is 18.5 Å². The number of ether oxygens (including phenoxy) is 1. The molecule has 0 aromatic heterocycles. The molecule has 0 N–H and O–H groups in total. The zero-order valence-corrected chi connectivity index (χ0v) is 13.7. The van der Waals surface area contributed by atoms with Crippen LogP contribution in [0.3, 0.4) is 0 Å². The number of hydrogen-bond donors (Lipinski definition) is 0. The zero-order valence-electron chi connectivity index (χ0n) is 12.1. The average Bonchev–Trinajstić information content (AvgIpc) is 2.51. The molecule has 2 aromatic rings. The van der Waals surface area contributed by atoms with Gasteiger partial charge in [0.25, 0.3) is 0 Å². The van der Waals surface area contributed by atoms with Crippen molar-refractivity contribution in [2.45, 2.75) is 17.1 Å². The van der Waals surface area contributed by atoms with Crippen molar-refractivity contribution in [1.29, 1.82) is 0 Å². The van der Waals surface area contributed by atoms with Gasteiger partial charge in [0.1, 0.15) is 11.1 Å². The van der Waals surface area contributed by atoms with Crippen LogP contribution in [0.25, 0.3) is 0 Å². The summed E-state index contributed by atoms with van der Waals surface area (Å²) >= 11 is 5.78. The molecule has 7 heteroatoms. The van der Waals surface area contributed by atoms with Gasteiger partial charge in [0.05, 0.1) is 17.1 Å². The number of sulfone groups is 1. The summed E-state index contributed by atoms with van der Waals surface area (Å²) in [6, 6.07) is 7.45. The third-order valence-electron chi connectivity index (χ3n) is 3.86. The van der Waals surface area contributed by atoms with E-state index in [4.69, 9.17) is 16.3 Å². The molecule has 0 aliphatic carbocycles. The number of benzene rings is 2. The van der Waals surface area contributed by atoms with Crippen LogP contribution >= 0.6 is 11.6 Å². The second kappa shape index (κ2) is 5.76. The summed E-state index contributed by atoms with van der Waals surface area (Å²) < 4.78 is 59.3. The molecule has 0 bridgehead atoms. The van der Waals surface area contributed by atoms with Gasteiger partial charge in [-0.25, -0.2) is 17.2 Å². The van der Waals surface area contributed by atoms with Crippen molar-refractivity contribution in [3.05, 3.63) is 58.6 Å². The fourth-order valence-corrected chi connectivity index (χ4v) is 4.93. The van der Waals surface area contributed by atoms with E-state index in [-0.39, 0.29) is 22.8 Å². The molecule has 0 saturated heterocycles. The summed E-state index contributed by atoms with van der Waals surface area (Å²) in [5.74, 6) is -2.43. The molecular formula is C16H13ClF2O3S. The van der Waals surface area contributed by atoms with E-state index < -0.39 is 32.6 Å². The molecule has 3 nitrogen and oxygen atoms in total. The van der Waals surface area contributed by atoms with Gasteiger partial charge in [0.2, 0.25) is 0 Å². The highest BCUT2D eigenvalue weighted by Crippen LogP contribution is 2.45. The molecule has 0 saturated carbocycles. The molecule has 1 aliphatic rings. The smallest absolute Gasteiger partial charge is 0.186 e. The van der Waals surface area contributed by atoms with E-state index in [1.54, 1.807) is 6.92 Å². The lowest BCUT2D eigenvalue weighted by atomic mass is 9.97. The minimum atomic E-state index is -3.93. The van der Waals surface area contributed by atoms with Crippen molar-refractivity contribution in [3.8, 4) is 5.75 Å². The Hall–Kier alpha value is -1.66. The summed E-state index contributed by atoms with van der Waals surface area (Å²) in [4.78, 5) is 0.00950. The highest BCUT2D eigenvalue weighted by atomic mass is 35.5. The first-order valence-electron chi connectivity index (χ1n) is 6.92. The van der Waals surface area contributed by atoms with Crippen molar-refractivity contribution >= 4 is 21.4 Å². The van der Waals surface area contributed by atoms with Crippen molar-refractivity contribution < 1.29 is 21.9 Å². The van der Waals surface area contributed by atoms with Gasteiger partial charge in [0, 0.05) is 10.9 Å². The van der Waals surface area contributed by atoms with Gasteiger partial charge < -0.3 is 4.74 Å². The molecular weight excluding hydrogens is 346 g/mol. The fraction of sp³-hybridized carbons (Fsp3) is 0.250. The standard InChI is InChI=1S/C16H13ClF2O3S/c1-9-8-22-15-13(19)7-6-12(18)14(15)16(9)23(20,21)11-4-2-10(17)3-5-11/h2-7,9,16H,8H2,1H3/t9?,16-/m0/s1. The van der Waals surface area contributed by atoms with Crippen LogP contribution in [-0.2, 0) is 9.84 Å². The lowest BCUT2D eigenvalue weighted by Crippen LogP contribution is -2.31. The van der Waals surface area contributed by atoms with Crippen LogP contribution in [0.1, 0.15) is 17.7 Å². The van der Waals surface area contributed by atoms with Crippen LogP contribution in [0.2, 0.25) is 5.02 Å². The van der Waals surface area contributed by atoms with Gasteiger partial charge in [-0.05, 0) is 36.4 Å². The first kappa shape index (κ1) is 16.2. The Morgan fingerprint density at radius 3 is 2.35 bits per heavy atom. The van der Waals surface area contributed by atoms with Crippen LogP contribution in [-0.4, -0.2) is 15.0 Å². The van der Waals surface area contributed by atoms with E-state index in [0.717, 1.165) is 12.1 Å². The predicted molar refractivity (Wildman–Crippen MR) is 82.4 cm³/mol. The topological polar surface area (TPSA) is 43.4 Å². The maximum absolute atomic E-state index is 14.3. The van der Waals surface area contributed by atoms with Crippen molar-refractivity contribution in [3.63, 3.8) is 0 Å². The molecule has 1 heterocycles. The molecule has 0 amide bonds. The molecule has 3 rings (SSSR count). The maximum atomic E-state index is 14.3. The Labute approximate surface area is 137 Å². The third kappa shape index (κ3) is 2.70. The van der Waals surface area contributed by atoms with Crippen molar-refractivity contribution in [2.24, 2.45) is 5.92 Å². The lowest BCUT2D eigenvalue weighted by molar-refractivity contribution is 0.213. The number of fused-ring (bicyclic) bond motifs is 1. The Kier molecular flexibility index (Phi) is 4.06. The summed E-state index contributed by atoms with van der Waals surface area (Å²) in [5.41, 5.74) is -0.251. The highest BCUT2D eigenvalue weighted by molar-refractivity contribution is 7.91. The van der Waals surface area contributed by atoms with Gasteiger partial charge in [-0.3, -0.25) is 0 Å². The van der Waals surface area contributed by atoms with Crippen molar-refractivity contribution in [2.75, 3.05) is 6.61 Å². The van der Waals surface area contributed by atoms with Crippen LogP contribution in [0.15, 0.2) is 41.3 Å². The number of rotatable bonds is 2. The highest BCUT2D eigenvalue weighted by Gasteiger charge is 2.42. The van der Waals surface area contributed by atoms with Crippen LogP contribution < -0.4 is 4.74 Å². The van der Waals surface area contributed by atoms with Crippen LogP contribution in [0.5, 0.6) is 5.75 Å². The SMILES string of the molecule is CC1COc2c(F)ccc(F)c2[C@H]1S(=O)(=O)c1ccc(Cl)cc1. The monoisotopic (exact) mass is 358 g/mol. The summed E-state index contributed by atoms with van der Waals surface area (Å²) in [6.07, 6.45) is 0. The summed E-state index contributed by atoms with van der Waals surface area (Å²) in [7, 11) is -3.93. The normalized spacial score (nSPS) is 20.7. The number of hydrogen-bond acceptors (Lipinski definition) is 3. The quantitative estimate of drug-likeness (QED) is 0.809. The van der Waals surface area contributed by atoms with Crippen LogP contribution in [0, 0.1) is 17.6 Å². The second-order valence-corrected chi connectivity index (χ2v) is 7.99. The van der Waals surface area contributed by atoms with Gasteiger partial charge in [-0.2, -0.15) is 0 Å². The molecule has 2 aromatic carbocycles. The Balaban J connectivity index is 2.20. The van der Waals surface area contributed by atoms with E-state index in [2.05, 4.69) is 0 Å². The molecule has 0 spiro atoms. The molecule has 0 radical (unpaired) electrons. The van der Waals surface area contributed by atoms with Crippen LogP contribution in [0.4, 0.5) is 8.78 Å². The van der Waals surface area contributed by atoms with E-state index in [0.29, 0.717) is 5.02 Å². The molecule has 1 unspecified atom stereocenters. The predicted octanol–water partition coefficient (Wildman–Crippen LogP) is 4.16. The average molecular weight is 359 g/mol. The molecule has 122 valence electrons. The summed E-state index contributed by atoms with van der Waals surface area (Å²) in [5, 5.41) is -0.829. The van der Waals surface area contributed by atoms with E-state index in [1.165, 1.54) is 24.3 Å². The lowest BCUT2D eigenvalue weighted by Gasteiger charge is -2.31. The van der Waals surface area contributed by atoms with Gasteiger partial charge >= 0.3 is 0 Å². The van der Waals surface area contributed by atoms with Gasteiger partial charge in [0.15, 0.2) is 21.4 Å². The first-order valence-corrected chi connectivity index (χ1v) is 8.85. The first-order chi connectivity index (χ1) is 10.8. The molecule has 23 heavy (non-hydrogen) atoms. The van der Waals surface area contributed by atoms with Crippen molar-refractivity contribution in [1.82, 2.24) is 0 Å².